The van der Waals surface area contributed by atoms with Crippen LogP contribution in [0.25, 0.3) is 0 Å². The Morgan fingerprint density at radius 1 is 1.10 bits per heavy atom. The lowest BCUT2D eigenvalue weighted by Crippen LogP contribution is -2.36. The fourth-order valence-electron chi connectivity index (χ4n) is 2.36. The average Bonchev–Trinajstić information content (AvgIpc) is 2.34. The van der Waals surface area contributed by atoms with Crippen LogP contribution in [0.3, 0.4) is 0 Å². The lowest BCUT2D eigenvalue weighted by Gasteiger charge is -2.36. The maximum absolute atomic E-state index is 6.46. The Morgan fingerprint density at radius 2 is 1.70 bits per heavy atom. The van der Waals surface area contributed by atoms with Crippen LogP contribution in [-0.2, 0) is 9.47 Å². The maximum atomic E-state index is 6.46. The van der Waals surface area contributed by atoms with E-state index in [-0.39, 0.29) is 11.0 Å². The standard InChI is InChI=1S/C17H36O2S/c1-9-17(7,10-11-18-14(4)5)19-16(20-8)15(6)12-13(2)3/h13-16H,9-12H2,1-8H3. The summed E-state index contributed by atoms with van der Waals surface area (Å²) in [4.78, 5) is 0. The molecule has 122 valence electrons. The van der Waals surface area contributed by atoms with Crippen molar-refractivity contribution in [1.29, 1.82) is 0 Å². The van der Waals surface area contributed by atoms with Crippen molar-refractivity contribution in [3.8, 4) is 0 Å². The predicted molar refractivity (Wildman–Crippen MR) is 91.4 cm³/mol. The molecular formula is C17H36O2S. The van der Waals surface area contributed by atoms with Crippen molar-refractivity contribution in [3.63, 3.8) is 0 Å². The highest BCUT2D eigenvalue weighted by atomic mass is 32.2. The summed E-state index contributed by atoms with van der Waals surface area (Å²) in [6.45, 7) is 16.2. The van der Waals surface area contributed by atoms with Crippen LogP contribution in [-0.4, -0.2) is 30.0 Å². The van der Waals surface area contributed by atoms with E-state index in [1.165, 1.54) is 6.42 Å². The van der Waals surface area contributed by atoms with Crippen molar-refractivity contribution in [2.24, 2.45) is 11.8 Å². The van der Waals surface area contributed by atoms with Crippen LogP contribution in [0.2, 0.25) is 0 Å². The van der Waals surface area contributed by atoms with E-state index >= 15 is 0 Å². The highest BCUT2D eigenvalue weighted by Gasteiger charge is 2.29. The van der Waals surface area contributed by atoms with Gasteiger partial charge in [0.2, 0.25) is 0 Å². The van der Waals surface area contributed by atoms with Gasteiger partial charge in [-0.1, -0.05) is 27.7 Å². The van der Waals surface area contributed by atoms with Gasteiger partial charge in [-0.15, -0.1) is 11.8 Å². The van der Waals surface area contributed by atoms with Crippen LogP contribution in [0.1, 0.15) is 67.7 Å². The molecule has 2 nitrogen and oxygen atoms in total. The molecule has 3 heteroatoms. The van der Waals surface area contributed by atoms with E-state index in [1.807, 2.05) is 11.8 Å². The molecule has 0 aromatic heterocycles. The summed E-state index contributed by atoms with van der Waals surface area (Å²) in [6.07, 6.45) is 5.66. The zero-order valence-corrected chi connectivity index (χ0v) is 15.7. The molecule has 0 aliphatic heterocycles. The van der Waals surface area contributed by atoms with E-state index in [4.69, 9.17) is 9.47 Å². The van der Waals surface area contributed by atoms with Crippen LogP contribution >= 0.6 is 11.8 Å². The molecule has 0 aliphatic rings. The predicted octanol–water partition coefficient (Wildman–Crippen LogP) is 5.36. The Bertz CT molecular complexity index is 243. The summed E-state index contributed by atoms with van der Waals surface area (Å²) in [5.41, 5.74) is 0.203. The second-order valence-electron chi connectivity index (χ2n) is 6.80. The molecule has 0 aliphatic carbocycles. The summed E-state index contributed by atoms with van der Waals surface area (Å²) in [7, 11) is 0. The van der Waals surface area contributed by atoms with E-state index in [9.17, 15) is 0 Å². The quantitative estimate of drug-likeness (QED) is 0.479. The summed E-state index contributed by atoms with van der Waals surface area (Å²) >= 11 is 1.84. The highest BCUT2D eigenvalue weighted by Crippen LogP contribution is 2.31. The van der Waals surface area contributed by atoms with E-state index < -0.39 is 0 Å². The van der Waals surface area contributed by atoms with Gasteiger partial charge in [0.05, 0.1) is 11.7 Å². The van der Waals surface area contributed by atoms with Crippen molar-refractivity contribution < 1.29 is 9.47 Å². The van der Waals surface area contributed by atoms with Gasteiger partial charge in [-0.3, -0.25) is 0 Å². The van der Waals surface area contributed by atoms with E-state index in [1.54, 1.807) is 0 Å². The molecule has 0 aromatic rings. The Kier molecular flexibility index (Phi) is 10.2. The first kappa shape index (κ1) is 20.3. The topological polar surface area (TPSA) is 18.5 Å². The van der Waals surface area contributed by atoms with Gasteiger partial charge >= 0.3 is 0 Å². The molecule has 0 radical (unpaired) electrons. The third-order valence-corrected chi connectivity index (χ3v) is 4.80. The van der Waals surface area contributed by atoms with Gasteiger partial charge in [0.25, 0.3) is 0 Å². The average molecular weight is 305 g/mol. The number of hydrogen-bond acceptors (Lipinski definition) is 3. The minimum Gasteiger partial charge on any atom is -0.379 e. The number of thioether (sulfide) groups is 1. The minimum atomic E-state index is -0.0756. The first-order valence-electron chi connectivity index (χ1n) is 8.06. The van der Waals surface area contributed by atoms with Crippen molar-refractivity contribution in [2.75, 3.05) is 12.9 Å². The molecule has 0 fully saturated rings. The Balaban J connectivity index is 4.46. The largest absolute Gasteiger partial charge is 0.379 e. The molecule has 0 bridgehead atoms. The van der Waals surface area contributed by atoms with Crippen molar-refractivity contribution in [1.82, 2.24) is 0 Å². The van der Waals surface area contributed by atoms with Gasteiger partial charge in [-0.2, -0.15) is 0 Å². The summed E-state index contributed by atoms with van der Waals surface area (Å²) < 4.78 is 12.2. The molecule has 0 saturated carbocycles. The molecule has 0 N–H and O–H groups in total. The Hall–Kier alpha value is 0.270. The molecule has 0 amide bonds. The summed E-state index contributed by atoms with van der Waals surface area (Å²) in [5, 5.41) is 0. The van der Waals surface area contributed by atoms with Gasteiger partial charge in [-0.05, 0) is 58.1 Å². The zero-order valence-electron chi connectivity index (χ0n) is 14.9. The number of hydrogen-bond donors (Lipinski definition) is 0. The molecule has 3 atom stereocenters. The lowest BCUT2D eigenvalue weighted by molar-refractivity contribution is -0.0876. The van der Waals surface area contributed by atoms with E-state index in [2.05, 4.69) is 54.7 Å². The normalized spacial score (nSPS) is 18.3. The van der Waals surface area contributed by atoms with Gasteiger partial charge in [0, 0.05) is 6.61 Å². The minimum absolute atomic E-state index is 0.0756. The molecule has 0 rings (SSSR count). The Morgan fingerprint density at radius 3 is 2.10 bits per heavy atom. The van der Waals surface area contributed by atoms with Crippen molar-refractivity contribution in [3.05, 3.63) is 0 Å². The van der Waals surface area contributed by atoms with E-state index in [0.717, 1.165) is 25.4 Å². The fraction of sp³-hybridized carbons (Fsp3) is 1.00. The highest BCUT2D eigenvalue weighted by molar-refractivity contribution is 7.99. The third-order valence-electron chi connectivity index (χ3n) is 3.77. The molecule has 3 unspecified atom stereocenters. The van der Waals surface area contributed by atoms with Crippen LogP contribution in [0.4, 0.5) is 0 Å². The first-order chi connectivity index (χ1) is 9.24. The van der Waals surface area contributed by atoms with Crippen LogP contribution < -0.4 is 0 Å². The summed E-state index contributed by atoms with van der Waals surface area (Å²) in [6, 6.07) is 0. The number of rotatable bonds is 11. The smallest absolute Gasteiger partial charge is 0.106 e. The molecule has 0 saturated heterocycles. The third kappa shape index (κ3) is 8.53. The van der Waals surface area contributed by atoms with Gasteiger partial charge in [-0.25, -0.2) is 0 Å². The van der Waals surface area contributed by atoms with Gasteiger partial charge in [0.1, 0.15) is 5.44 Å². The van der Waals surface area contributed by atoms with Crippen LogP contribution in [0.5, 0.6) is 0 Å². The number of ether oxygens (including phenoxy) is 2. The second kappa shape index (κ2) is 10.1. The molecule has 0 spiro atoms. The summed E-state index contributed by atoms with van der Waals surface area (Å²) in [5.74, 6) is 1.31. The zero-order chi connectivity index (χ0) is 15.8. The SMILES string of the molecule is CCC(C)(CCOC(C)C)OC(SC)C(C)CC(C)C. The fourth-order valence-corrected chi connectivity index (χ4v) is 3.27. The van der Waals surface area contributed by atoms with E-state index in [0.29, 0.717) is 12.0 Å². The van der Waals surface area contributed by atoms with Crippen LogP contribution in [0.15, 0.2) is 0 Å². The van der Waals surface area contributed by atoms with Gasteiger partial charge < -0.3 is 9.47 Å². The lowest BCUT2D eigenvalue weighted by atomic mass is 9.97. The molecule has 0 heterocycles. The monoisotopic (exact) mass is 304 g/mol. The molecule has 0 aromatic carbocycles. The molecule has 20 heavy (non-hydrogen) atoms. The Labute approximate surface area is 131 Å². The van der Waals surface area contributed by atoms with Crippen molar-refractivity contribution >= 4 is 11.8 Å². The van der Waals surface area contributed by atoms with Crippen LogP contribution in [0, 0.1) is 11.8 Å². The van der Waals surface area contributed by atoms with Crippen molar-refractivity contribution in [2.45, 2.75) is 84.9 Å². The first-order valence-corrected chi connectivity index (χ1v) is 9.35. The van der Waals surface area contributed by atoms with Gasteiger partial charge in [0.15, 0.2) is 0 Å². The second-order valence-corrected chi connectivity index (χ2v) is 7.74. The maximum Gasteiger partial charge on any atom is 0.106 e. The molecular weight excluding hydrogens is 268 g/mol.